The van der Waals surface area contributed by atoms with E-state index in [1.807, 2.05) is 30.3 Å². The summed E-state index contributed by atoms with van der Waals surface area (Å²) in [5, 5.41) is 10.8. The Kier molecular flexibility index (Phi) is 4.09. The zero-order valence-corrected chi connectivity index (χ0v) is 12.6. The molecule has 0 radical (unpaired) electrons. The summed E-state index contributed by atoms with van der Waals surface area (Å²) in [6.45, 7) is 4.85. The van der Waals surface area contributed by atoms with Crippen molar-refractivity contribution in [2.75, 3.05) is 19.6 Å². The van der Waals surface area contributed by atoms with Crippen LogP contribution in [0.2, 0.25) is 0 Å². The monoisotopic (exact) mass is 281 g/mol. The predicted molar refractivity (Wildman–Crippen MR) is 86.3 cm³/mol. The van der Waals surface area contributed by atoms with Crippen molar-refractivity contribution in [3.05, 3.63) is 71.3 Å². The lowest BCUT2D eigenvalue weighted by Gasteiger charge is -2.24. The number of benzene rings is 2. The summed E-state index contributed by atoms with van der Waals surface area (Å²) in [6.07, 6.45) is 1.87. The van der Waals surface area contributed by atoms with Crippen molar-refractivity contribution in [1.29, 1.82) is 0 Å². The quantitative estimate of drug-likeness (QED) is 0.930. The minimum atomic E-state index is -0.673. The molecule has 1 aliphatic rings. The van der Waals surface area contributed by atoms with Crippen LogP contribution in [0, 0.1) is 6.92 Å². The molecule has 0 saturated carbocycles. The van der Waals surface area contributed by atoms with E-state index in [4.69, 9.17) is 0 Å². The Bertz CT molecular complexity index is 596. The fraction of sp³-hybridized carbons (Fsp3) is 0.368. The van der Waals surface area contributed by atoms with Crippen LogP contribution >= 0.6 is 0 Å². The fourth-order valence-electron chi connectivity index (χ4n) is 3.20. The minimum Gasteiger partial charge on any atom is -0.384 e. The third kappa shape index (κ3) is 3.34. The Labute approximate surface area is 127 Å². The lowest BCUT2D eigenvalue weighted by molar-refractivity contribution is 0.0463. The van der Waals surface area contributed by atoms with E-state index < -0.39 is 5.60 Å². The van der Waals surface area contributed by atoms with Gasteiger partial charge in [-0.3, -0.25) is 4.90 Å². The van der Waals surface area contributed by atoms with Gasteiger partial charge in [0, 0.05) is 19.6 Å². The van der Waals surface area contributed by atoms with Crippen molar-refractivity contribution in [3.8, 4) is 0 Å². The van der Waals surface area contributed by atoms with Crippen molar-refractivity contribution in [3.63, 3.8) is 0 Å². The van der Waals surface area contributed by atoms with Crippen molar-refractivity contribution in [2.45, 2.75) is 25.4 Å². The van der Waals surface area contributed by atoms with Gasteiger partial charge in [0.05, 0.1) is 0 Å². The number of nitrogens with zero attached hydrogens (tertiary/aromatic N) is 1. The molecule has 2 aromatic rings. The summed E-state index contributed by atoms with van der Waals surface area (Å²) in [7, 11) is 0. The van der Waals surface area contributed by atoms with Crippen LogP contribution in [0.3, 0.4) is 0 Å². The predicted octanol–water partition coefficient (Wildman–Crippen LogP) is 3.13. The number of β-amino-alcohol motifs (C(OH)–C–C–N with tert-alkyl or cyclic N) is 1. The van der Waals surface area contributed by atoms with Crippen molar-refractivity contribution in [1.82, 2.24) is 4.90 Å². The summed E-state index contributed by atoms with van der Waals surface area (Å²) in [5.41, 5.74) is 3.07. The van der Waals surface area contributed by atoms with Gasteiger partial charge in [0.2, 0.25) is 0 Å². The molecular formula is C19H23NO. The van der Waals surface area contributed by atoms with Gasteiger partial charge in [0.15, 0.2) is 0 Å². The van der Waals surface area contributed by atoms with Crippen molar-refractivity contribution >= 4 is 0 Å². The van der Waals surface area contributed by atoms with Crippen LogP contribution in [0.15, 0.2) is 54.6 Å². The van der Waals surface area contributed by atoms with E-state index in [1.54, 1.807) is 0 Å². The molecule has 0 amide bonds. The fourth-order valence-corrected chi connectivity index (χ4v) is 3.20. The zero-order valence-electron chi connectivity index (χ0n) is 12.6. The molecule has 1 aliphatic heterocycles. The highest BCUT2D eigenvalue weighted by Crippen LogP contribution is 2.31. The molecule has 110 valence electrons. The molecule has 0 unspecified atom stereocenters. The third-order valence-corrected chi connectivity index (χ3v) is 4.44. The summed E-state index contributed by atoms with van der Waals surface area (Å²) >= 11 is 0. The second-order valence-corrected chi connectivity index (χ2v) is 6.16. The molecule has 3 rings (SSSR count). The largest absolute Gasteiger partial charge is 0.384 e. The van der Waals surface area contributed by atoms with Crippen LogP contribution in [0.25, 0.3) is 0 Å². The first kappa shape index (κ1) is 14.3. The van der Waals surface area contributed by atoms with Gasteiger partial charge in [-0.05, 0) is 30.9 Å². The number of aryl methyl sites for hydroxylation is 1. The molecule has 2 nitrogen and oxygen atoms in total. The van der Waals surface area contributed by atoms with E-state index in [1.165, 1.54) is 11.1 Å². The van der Waals surface area contributed by atoms with Crippen molar-refractivity contribution in [2.24, 2.45) is 0 Å². The molecule has 1 atom stereocenters. The number of likely N-dealkylation sites (tertiary alicyclic amines) is 1. The number of hydrogen-bond donors (Lipinski definition) is 1. The van der Waals surface area contributed by atoms with E-state index in [0.29, 0.717) is 0 Å². The van der Waals surface area contributed by atoms with Crippen LogP contribution < -0.4 is 0 Å². The van der Waals surface area contributed by atoms with Gasteiger partial charge >= 0.3 is 0 Å². The molecular weight excluding hydrogens is 258 g/mol. The Morgan fingerprint density at radius 2 is 1.90 bits per heavy atom. The van der Waals surface area contributed by atoms with Crippen LogP contribution in [0.5, 0.6) is 0 Å². The maximum atomic E-state index is 10.8. The van der Waals surface area contributed by atoms with E-state index >= 15 is 0 Å². The molecule has 2 heteroatoms. The lowest BCUT2D eigenvalue weighted by atomic mass is 9.93. The number of rotatable bonds is 4. The standard InChI is InChI=1S/C19H23NO/c1-16-6-5-7-17(14-16)10-12-20-13-11-19(21,15-20)18-8-3-2-4-9-18/h2-9,14,21H,10-13,15H2,1H3/t19-/m1/s1. The van der Waals surface area contributed by atoms with Gasteiger partial charge in [0.25, 0.3) is 0 Å². The highest BCUT2D eigenvalue weighted by atomic mass is 16.3. The zero-order chi connectivity index (χ0) is 14.7. The third-order valence-electron chi connectivity index (χ3n) is 4.44. The maximum Gasteiger partial charge on any atom is 0.103 e. The van der Waals surface area contributed by atoms with E-state index in [-0.39, 0.29) is 0 Å². The molecule has 0 spiro atoms. The van der Waals surface area contributed by atoms with E-state index in [9.17, 15) is 5.11 Å². The van der Waals surface area contributed by atoms with Crippen LogP contribution in [-0.4, -0.2) is 29.6 Å². The van der Waals surface area contributed by atoms with Gasteiger partial charge in [-0.1, -0.05) is 60.2 Å². The smallest absolute Gasteiger partial charge is 0.103 e. The SMILES string of the molecule is Cc1cccc(CCN2CC[C@](O)(c3ccccc3)C2)c1. The first-order chi connectivity index (χ1) is 10.2. The van der Waals surface area contributed by atoms with Gasteiger partial charge in [0.1, 0.15) is 5.60 Å². The summed E-state index contributed by atoms with van der Waals surface area (Å²) in [5.74, 6) is 0. The normalized spacial score (nSPS) is 22.6. The van der Waals surface area contributed by atoms with Gasteiger partial charge < -0.3 is 5.11 Å². The van der Waals surface area contributed by atoms with Crippen LogP contribution in [0.4, 0.5) is 0 Å². The van der Waals surface area contributed by atoms with Crippen LogP contribution in [0.1, 0.15) is 23.1 Å². The second-order valence-electron chi connectivity index (χ2n) is 6.16. The van der Waals surface area contributed by atoms with E-state index in [0.717, 1.165) is 38.0 Å². The summed E-state index contributed by atoms with van der Waals surface area (Å²) in [6, 6.07) is 18.8. The first-order valence-electron chi connectivity index (χ1n) is 7.72. The molecule has 1 fully saturated rings. The highest BCUT2D eigenvalue weighted by Gasteiger charge is 2.37. The Balaban J connectivity index is 1.60. The molecule has 1 saturated heterocycles. The van der Waals surface area contributed by atoms with Crippen LogP contribution in [-0.2, 0) is 12.0 Å². The Morgan fingerprint density at radius 1 is 1.10 bits per heavy atom. The second kappa shape index (κ2) is 6.00. The van der Waals surface area contributed by atoms with Gasteiger partial charge in [-0.2, -0.15) is 0 Å². The van der Waals surface area contributed by atoms with Gasteiger partial charge in [-0.15, -0.1) is 0 Å². The molecule has 0 aromatic heterocycles. The minimum absolute atomic E-state index is 0.673. The Morgan fingerprint density at radius 3 is 2.67 bits per heavy atom. The maximum absolute atomic E-state index is 10.8. The molecule has 21 heavy (non-hydrogen) atoms. The molecule has 0 bridgehead atoms. The summed E-state index contributed by atoms with van der Waals surface area (Å²) < 4.78 is 0. The molecule has 1 heterocycles. The van der Waals surface area contributed by atoms with Gasteiger partial charge in [-0.25, -0.2) is 0 Å². The number of hydrogen-bond acceptors (Lipinski definition) is 2. The first-order valence-corrected chi connectivity index (χ1v) is 7.72. The lowest BCUT2D eigenvalue weighted by Crippen LogP contribution is -2.31. The summed E-state index contributed by atoms with van der Waals surface area (Å²) in [4.78, 5) is 2.37. The molecule has 1 N–H and O–H groups in total. The average molecular weight is 281 g/mol. The molecule has 0 aliphatic carbocycles. The van der Waals surface area contributed by atoms with E-state index in [2.05, 4.69) is 36.1 Å². The van der Waals surface area contributed by atoms with Crippen molar-refractivity contribution < 1.29 is 5.11 Å². The number of aliphatic hydroxyl groups is 1. The molecule has 2 aromatic carbocycles. The topological polar surface area (TPSA) is 23.5 Å². The average Bonchev–Trinajstić information content (AvgIpc) is 2.89. The Hall–Kier alpha value is -1.64. The highest BCUT2D eigenvalue weighted by molar-refractivity contribution is 5.25.